The van der Waals surface area contributed by atoms with E-state index in [0.29, 0.717) is 22.3 Å². The highest BCUT2D eigenvalue weighted by Crippen LogP contribution is 2.63. The van der Waals surface area contributed by atoms with E-state index in [2.05, 4.69) is 0 Å². The average molecular weight is 943 g/mol. The number of carbonyl (C=O) groups is 4. The Kier molecular flexibility index (Phi) is 11.8. The van der Waals surface area contributed by atoms with Crippen LogP contribution in [0.15, 0.2) is 133 Å². The van der Waals surface area contributed by atoms with E-state index in [1.54, 1.807) is 49.4 Å². The first-order valence-electron chi connectivity index (χ1n) is 23.2. The van der Waals surface area contributed by atoms with Crippen molar-refractivity contribution in [3.05, 3.63) is 177 Å². The second kappa shape index (κ2) is 17.7. The van der Waals surface area contributed by atoms with Gasteiger partial charge in [-0.3, -0.25) is 9.59 Å². The summed E-state index contributed by atoms with van der Waals surface area (Å²) in [5.41, 5.74) is 0.339. The Balaban J connectivity index is 0.861. The number of alkyl halides is 4. The van der Waals surface area contributed by atoms with Crippen LogP contribution in [0.1, 0.15) is 70.7 Å². The summed E-state index contributed by atoms with van der Waals surface area (Å²) < 4.78 is 81.0. The summed E-state index contributed by atoms with van der Waals surface area (Å²) in [6.07, 6.45) is 1.45. The van der Waals surface area contributed by atoms with Crippen LogP contribution in [0, 0.1) is 11.3 Å². The third-order valence-electron chi connectivity index (χ3n) is 14.5. The maximum absolute atomic E-state index is 16.2. The molecule has 5 aromatic rings. The molecule has 5 atom stereocenters. The molecule has 4 unspecified atom stereocenters. The fourth-order valence-electron chi connectivity index (χ4n) is 10.8. The highest BCUT2D eigenvalue weighted by Gasteiger charge is 2.63. The van der Waals surface area contributed by atoms with Crippen molar-refractivity contribution in [3.63, 3.8) is 0 Å². The van der Waals surface area contributed by atoms with Crippen LogP contribution in [-0.4, -0.2) is 77.0 Å². The van der Waals surface area contributed by atoms with Crippen LogP contribution in [0.3, 0.4) is 0 Å². The first-order chi connectivity index (χ1) is 33.1. The molecule has 14 heteroatoms. The number of benzene rings is 5. The summed E-state index contributed by atoms with van der Waals surface area (Å²) in [6, 6.07) is 31.2. The second-order valence-electron chi connectivity index (χ2n) is 19.3. The molecule has 2 heterocycles. The molecule has 5 aliphatic rings. The summed E-state index contributed by atoms with van der Waals surface area (Å²) >= 11 is 0. The number of esters is 2. The van der Waals surface area contributed by atoms with Crippen LogP contribution in [0.2, 0.25) is 0 Å². The van der Waals surface area contributed by atoms with Crippen molar-refractivity contribution in [2.75, 3.05) is 26.3 Å². The lowest BCUT2D eigenvalue weighted by atomic mass is 9.78. The number of hydrogen-bond donors (Lipinski definition) is 1. The number of amides is 2. The van der Waals surface area contributed by atoms with Crippen molar-refractivity contribution in [1.29, 1.82) is 0 Å². The van der Waals surface area contributed by atoms with Gasteiger partial charge in [0.05, 0.1) is 26.1 Å². The van der Waals surface area contributed by atoms with Crippen molar-refractivity contribution in [1.82, 2.24) is 9.80 Å². The number of halogens is 4. The molecule has 2 amide bonds. The molecule has 3 aliphatic carbocycles. The van der Waals surface area contributed by atoms with E-state index < -0.39 is 64.6 Å². The molecular formula is C55H50F4N2O8. The summed E-state index contributed by atoms with van der Waals surface area (Å²) in [7, 11) is 0. The van der Waals surface area contributed by atoms with Gasteiger partial charge in [-0.15, -0.1) is 0 Å². The summed E-state index contributed by atoms with van der Waals surface area (Å²) in [6.45, 7) is 1.53. The predicted octanol–water partition coefficient (Wildman–Crippen LogP) is 8.54. The molecule has 0 aromatic heterocycles. The van der Waals surface area contributed by atoms with Gasteiger partial charge in [-0.1, -0.05) is 134 Å². The monoisotopic (exact) mass is 942 g/mol. The Morgan fingerprint density at radius 3 is 1.86 bits per heavy atom. The maximum atomic E-state index is 16.2. The molecule has 2 fully saturated rings. The molecule has 356 valence electrons. The minimum atomic E-state index is -3.37. The molecule has 5 aromatic carbocycles. The highest BCUT2D eigenvalue weighted by atomic mass is 19.3. The zero-order valence-corrected chi connectivity index (χ0v) is 37.8. The van der Waals surface area contributed by atoms with Crippen LogP contribution in [0.25, 0.3) is 11.1 Å². The van der Waals surface area contributed by atoms with Crippen molar-refractivity contribution in [3.8, 4) is 11.1 Å². The van der Waals surface area contributed by atoms with Gasteiger partial charge >= 0.3 is 11.9 Å². The topological polar surface area (TPSA) is 123 Å². The molecule has 69 heavy (non-hydrogen) atoms. The summed E-state index contributed by atoms with van der Waals surface area (Å²) in [4.78, 5) is 58.4. The number of carbonyl (C=O) groups excluding carboxylic acids is 4. The molecule has 1 N–H and O–H groups in total. The third kappa shape index (κ3) is 8.30. The SMILES string of the molecule is C[C@]1(CO)CC(C(=O)OCc2ccccc2)N(C(=O)Cc2ccc3c(c2)C2(OCC4CC(C(=O)OCc5ccccc5)N(C(=O)Cc5ccc6c(c5)-c5ccccc5C6(F)F)C4)CC=C2C3(F)F)C1. The molecule has 2 aliphatic heterocycles. The smallest absolute Gasteiger partial charge is 0.329 e. The van der Waals surface area contributed by atoms with Crippen molar-refractivity contribution < 1.29 is 56.1 Å². The zero-order valence-electron chi connectivity index (χ0n) is 37.8. The Morgan fingerprint density at radius 1 is 0.638 bits per heavy atom. The van der Waals surface area contributed by atoms with Gasteiger partial charge in [-0.05, 0) is 51.8 Å². The van der Waals surface area contributed by atoms with E-state index in [0.717, 1.165) is 11.1 Å². The van der Waals surface area contributed by atoms with Gasteiger partial charge in [0.1, 0.15) is 30.9 Å². The zero-order chi connectivity index (χ0) is 48.3. The van der Waals surface area contributed by atoms with E-state index in [1.807, 2.05) is 48.5 Å². The minimum absolute atomic E-state index is 0.00982. The van der Waals surface area contributed by atoms with Gasteiger partial charge in [0.15, 0.2) is 0 Å². The van der Waals surface area contributed by atoms with Crippen molar-refractivity contribution in [2.45, 2.75) is 81.8 Å². The fourth-order valence-corrected chi connectivity index (χ4v) is 10.8. The lowest BCUT2D eigenvalue weighted by Crippen LogP contribution is -2.42. The van der Waals surface area contributed by atoms with E-state index in [-0.39, 0.29) is 99.4 Å². The first-order valence-corrected chi connectivity index (χ1v) is 23.2. The fraction of sp³-hybridized carbons (Fsp3) is 0.345. The van der Waals surface area contributed by atoms with Crippen LogP contribution in [0.5, 0.6) is 0 Å². The Bertz CT molecular complexity index is 2870. The minimum Gasteiger partial charge on any atom is -0.459 e. The lowest BCUT2D eigenvalue weighted by Gasteiger charge is -2.39. The molecule has 10 nitrogen and oxygen atoms in total. The van der Waals surface area contributed by atoms with Crippen molar-refractivity contribution in [2.24, 2.45) is 11.3 Å². The molecule has 0 saturated carbocycles. The van der Waals surface area contributed by atoms with E-state index in [9.17, 15) is 24.3 Å². The average Bonchev–Trinajstić information content (AvgIpc) is 4.03. The number of hydrogen-bond acceptors (Lipinski definition) is 8. The third-order valence-corrected chi connectivity index (χ3v) is 14.5. The Hall–Kier alpha value is -6.64. The number of fused-ring (bicyclic) bond motifs is 6. The van der Waals surface area contributed by atoms with E-state index in [1.165, 1.54) is 46.2 Å². The van der Waals surface area contributed by atoms with E-state index in [4.69, 9.17) is 14.2 Å². The number of aliphatic hydroxyl groups is 1. The van der Waals surface area contributed by atoms with Crippen LogP contribution in [-0.2, 0) is 76.9 Å². The molecule has 2 saturated heterocycles. The van der Waals surface area contributed by atoms with Crippen LogP contribution in [0.4, 0.5) is 17.6 Å². The number of aliphatic hydroxyl groups excluding tert-OH is 1. The number of rotatable bonds is 14. The predicted molar refractivity (Wildman–Crippen MR) is 244 cm³/mol. The van der Waals surface area contributed by atoms with E-state index >= 15 is 17.6 Å². The largest absolute Gasteiger partial charge is 0.459 e. The van der Waals surface area contributed by atoms with Crippen LogP contribution < -0.4 is 0 Å². The normalized spacial score (nSPS) is 24.4. The molecule has 0 spiro atoms. The molecule has 10 rings (SSSR count). The van der Waals surface area contributed by atoms with Gasteiger partial charge < -0.3 is 29.1 Å². The second-order valence-corrected chi connectivity index (χ2v) is 19.3. The number of nitrogens with zero attached hydrogens (tertiary/aromatic N) is 2. The highest BCUT2D eigenvalue weighted by molar-refractivity contribution is 5.88. The van der Waals surface area contributed by atoms with Gasteiger partial charge in [0.2, 0.25) is 11.8 Å². The standard InChI is InChI=1S/C55H50F4N2O8/c1-52(33-62)27-46(51(66)68-30-35-12-6-3-7-13-35)61(32-52)49(64)26-37-17-19-43-44(23-37)53(21-20-47(53)55(43,58)59)69-31-38-24-45(50(65)67-29-34-10-4-2-5-11-34)60(28-38)48(63)25-36-16-18-42-40(22-36)39-14-8-9-15-41(39)54(42,56)57/h2-20,22-23,38,45-46,62H,21,24-33H2,1H3/t38?,45?,46?,52-,53?/m0/s1. The number of ether oxygens (including phenoxy) is 3. The van der Waals surface area contributed by atoms with Crippen molar-refractivity contribution >= 4 is 23.8 Å². The van der Waals surface area contributed by atoms with Gasteiger partial charge in [-0.25, -0.2) is 9.59 Å². The van der Waals surface area contributed by atoms with Gasteiger partial charge in [-0.2, -0.15) is 17.6 Å². The Morgan fingerprint density at radius 2 is 1.22 bits per heavy atom. The summed E-state index contributed by atoms with van der Waals surface area (Å²) in [5.74, 6) is -9.16. The molecular weight excluding hydrogens is 893 g/mol. The quantitative estimate of drug-likeness (QED) is 0.0668. The molecule has 0 bridgehead atoms. The number of likely N-dealkylation sites (tertiary alicyclic amines) is 2. The summed E-state index contributed by atoms with van der Waals surface area (Å²) in [5, 5.41) is 10.2. The maximum Gasteiger partial charge on any atom is 0.329 e. The Labute approximate surface area is 396 Å². The molecule has 0 radical (unpaired) electrons. The first kappa shape index (κ1) is 46.1. The van der Waals surface area contributed by atoms with Gasteiger partial charge in [0, 0.05) is 53.1 Å². The van der Waals surface area contributed by atoms with Gasteiger partial charge in [0.25, 0.3) is 11.8 Å². The van der Waals surface area contributed by atoms with Crippen LogP contribution >= 0.6 is 0 Å². The lowest BCUT2D eigenvalue weighted by molar-refractivity contribution is -0.154.